The normalized spacial score (nSPS) is 17.2. The van der Waals surface area contributed by atoms with E-state index in [1.165, 1.54) is 5.56 Å². The highest BCUT2D eigenvalue weighted by Gasteiger charge is 2.25. The third-order valence-electron chi connectivity index (χ3n) is 2.92. The maximum Gasteiger partial charge on any atom is 0.128 e. The van der Waals surface area contributed by atoms with Gasteiger partial charge >= 0.3 is 0 Å². The van der Waals surface area contributed by atoms with Crippen molar-refractivity contribution in [1.29, 1.82) is 0 Å². The topological polar surface area (TPSA) is 38.7 Å². The van der Waals surface area contributed by atoms with Gasteiger partial charge in [-0.3, -0.25) is 0 Å². The Bertz CT molecular complexity index is 352. The van der Waals surface area contributed by atoms with Crippen LogP contribution in [0, 0.1) is 0 Å². The molecule has 3 nitrogen and oxygen atoms in total. The fourth-order valence-corrected chi connectivity index (χ4v) is 2.25. The zero-order chi connectivity index (χ0) is 9.54. The lowest BCUT2D eigenvalue weighted by atomic mass is 10.0. The Kier molecular flexibility index (Phi) is 1.67. The van der Waals surface area contributed by atoms with E-state index >= 15 is 0 Å². The molecule has 0 saturated carbocycles. The van der Waals surface area contributed by atoms with E-state index in [1.807, 2.05) is 0 Å². The molecule has 3 heteroatoms. The molecule has 0 fully saturated rings. The predicted octanol–water partition coefficient (Wildman–Crippen LogP) is 1.05. The van der Waals surface area contributed by atoms with Crippen LogP contribution in [0.1, 0.15) is 16.7 Å². The number of ether oxygens (including phenoxy) is 2. The monoisotopic (exact) mass is 192 g/mol. The van der Waals surface area contributed by atoms with Crippen molar-refractivity contribution in [3.05, 3.63) is 22.8 Å². The van der Waals surface area contributed by atoms with Crippen molar-refractivity contribution < 1.29 is 14.6 Å². The lowest BCUT2D eigenvalue weighted by Gasteiger charge is -2.10. The van der Waals surface area contributed by atoms with Gasteiger partial charge < -0.3 is 14.6 Å². The summed E-state index contributed by atoms with van der Waals surface area (Å²) in [5, 5.41) is 9.33. The molecular formula is C11H12O3. The first-order valence-electron chi connectivity index (χ1n) is 4.94. The molecule has 0 spiro atoms. The number of rotatable bonds is 1. The SMILES string of the molecule is OCc1c2c(cc3c1OCC3)OCC2. The van der Waals surface area contributed by atoms with Crippen LogP contribution in [0.25, 0.3) is 0 Å². The zero-order valence-electron chi connectivity index (χ0n) is 7.88. The van der Waals surface area contributed by atoms with Crippen LogP contribution in [0.4, 0.5) is 0 Å². The first-order valence-corrected chi connectivity index (χ1v) is 4.94. The van der Waals surface area contributed by atoms with Crippen LogP contribution in [0.3, 0.4) is 0 Å². The average molecular weight is 192 g/mol. The molecule has 2 aliphatic heterocycles. The summed E-state index contributed by atoms with van der Waals surface area (Å²) in [6.45, 7) is 1.51. The maximum absolute atomic E-state index is 9.33. The molecule has 2 aliphatic rings. The Morgan fingerprint density at radius 3 is 2.93 bits per heavy atom. The molecule has 1 N–H and O–H groups in total. The molecule has 0 atom stereocenters. The van der Waals surface area contributed by atoms with Crippen molar-refractivity contribution in [2.75, 3.05) is 13.2 Å². The van der Waals surface area contributed by atoms with Crippen LogP contribution in [-0.2, 0) is 19.4 Å². The van der Waals surface area contributed by atoms with Crippen molar-refractivity contribution in [2.24, 2.45) is 0 Å². The molecular weight excluding hydrogens is 180 g/mol. The molecule has 0 amide bonds. The molecule has 0 unspecified atom stereocenters. The van der Waals surface area contributed by atoms with E-state index in [2.05, 4.69) is 6.07 Å². The summed E-state index contributed by atoms with van der Waals surface area (Å²) in [5.74, 6) is 1.84. The van der Waals surface area contributed by atoms with E-state index in [9.17, 15) is 5.11 Å². The van der Waals surface area contributed by atoms with Crippen LogP contribution < -0.4 is 9.47 Å². The van der Waals surface area contributed by atoms with Crippen molar-refractivity contribution >= 4 is 0 Å². The molecule has 2 heterocycles. The summed E-state index contributed by atoms with van der Waals surface area (Å²) in [7, 11) is 0. The fraction of sp³-hybridized carbons (Fsp3) is 0.455. The van der Waals surface area contributed by atoms with Crippen LogP contribution in [0.5, 0.6) is 11.5 Å². The smallest absolute Gasteiger partial charge is 0.128 e. The number of aliphatic hydroxyl groups excluding tert-OH is 1. The first-order chi connectivity index (χ1) is 6.90. The summed E-state index contributed by atoms with van der Waals surface area (Å²) in [5.41, 5.74) is 3.25. The Hall–Kier alpha value is -1.22. The minimum atomic E-state index is 0.0505. The van der Waals surface area contributed by atoms with Gasteiger partial charge in [0.2, 0.25) is 0 Å². The Morgan fingerprint density at radius 1 is 1.21 bits per heavy atom. The minimum absolute atomic E-state index is 0.0505. The highest BCUT2D eigenvalue weighted by Crippen LogP contribution is 2.40. The van der Waals surface area contributed by atoms with Gasteiger partial charge in [0.15, 0.2) is 0 Å². The summed E-state index contributed by atoms with van der Waals surface area (Å²) in [6.07, 6.45) is 1.82. The average Bonchev–Trinajstić information content (AvgIpc) is 2.80. The second-order valence-corrected chi connectivity index (χ2v) is 3.68. The van der Waals surface area contributed by atoms with Crippen LogP contribution >= 0.6 is 0 Å². The van der Waals surface area contributed by atoms with Gasteiger partial charge in [0.25, 0.3) is 0 Å². The van der Waals surface area contributed by atoms with Crippen LogP contribution in [0.2, 0.25) is 0 Å². The fourth-order valence-electron chi connectivity index (χ4n) is 2.25. The number of hydrogen-bond acceptors (Lipinski definition) is 3. The second-order valence-electron chi connectivity index (χ2n) is 3.68. The molecule has 0 bridgehead atoms. The quantitative estimate of drug-likeness (QED) is 0.722. The second kappa shape index (κ2) is 2.89. The number of benzene rings is 1. The van der Waals surface area contributed by atoms with Crippen molar-refractivity contribution in [1.82, 2.24) is 0 Å². The van der Waals surface area contributed by atoms with E-state index in [-0.39, 0.29) is 6.61 Å². The number of hydrogen-bond donors (Lipinski definition) is 1. The maximum atomic E-state index is 9.33. The predicted molar refractivity (Wildman–Crippen MR) is 50.8 cm³/mol. The molecule has 1 aromatic rings. The van der Waals surface area contributed by atoms with Gasteiger partial charge in [-0.25, -0.2) is 0 Å². The summed E-state index contributed by atoms with van der Waals surface area (Å²) >= 11 is 0. The standard InChI is InChI=1S/C11H12O3/c12-6-9-8-2-4-13-10(8)5-7-1-3-14-11(7)9/h5,12H,1-4,6H2. The first kappa shape index (κ1) is 8.12. The largest absolute Gasteiger partial charge is 0.493 e. The third-order valence-corrected chi connectivity index (χ3v) is 2.92. The molecule has 0 aliphatic carbocycles. The molecule has 3 rings (SSSR count). The highest BCUT2D eigenvalue weighted by atomic mass is 16.5. The third kappa shape index (κ3) is 0.960. The molecule has 0 radical (unpaired) electrons. The van der Waals surface area contributed by atoms with E-state index in [4.69, 9.17) is 9.47 Å². The number of fused-ring (bicyclic) bond motifs is 2. The lowest BCUT2D eigenvalue weighted by Crippen LogP contribution is -1.96. The van der Waals surface area contributed by atoms with Crippen molar-refractivity contribution in [2.45, 2.75) is 19.4 Å². The van der Waals surface area contributed by atoms with E-state index < -0.39 is 0 Å². The highest BCUT2D eigenvalue weighted by molar-refractivity contribution is 5.56. The molecule has 14 heavy (non-hydrogen) atoms. The molecule has 74 valence electrons. The van der Waals surface area contributed by atoms with Crippen LogP contribution in [-0.4, -0.2) is 18.3 Å². The van der Waals surface area contributed by atoms with Gasteiger partial charge in [-0.2, -0.15) is 0 Å². The zero-order valence-corrected chi connectivity index (χ0v) is 7.88. The van der Waals surface area contributed by atoms with Crippen molar-refractivity contribution in [3.8, 4) is 11.5 Å². The number of aliphatic hydroxyl groups is 1. The minimum Gasteiger partial charge on any atom is -0.493 e. The van der Waals surface area contributed by atoms with E-state index in [1.54, 1.807) is 0 Å². The lowest BCUT2D eigenvalue weighted by molar-refractivity contribution is 0.269. The van der Waals surface area contributed by atoms with E-state index in [0.717, 1.165) is 48.7 Å². The molecule has 1 aromatic carbocycles. The summed E-state index contributed by atoms with van der Waals surface area (Å²) in [6, 6.07) is 2.06. The van der Waals surface area contributed by atoms with Gasteiger partial charge in [0.1, 0.15) is 11.5 Å². The van der Waals surface area contributed by atoms with Gasteiger partial charge in [-0.1, -0.05) is 0 Å². The summed E-state index contributed by atoms with van der Waals surface area (Å²) in [4.78, 5) is 0. The van der Waals surface area contributed by atoms with E-state index in [0.29, 0.717) is 0 Å². The van der Waals surface area contributed by atoms with Crippen molar-refractivity contribution in [3.63, 3.8) is 0 Å². The molecule has 0 aromatic heterocycles. The molecule has 0 saturated heterocycles. The van der Waals surface area contributed by atoms with Gasteiger partial charge in [-0.05, 0) is 6.07 Å². The Morgan fingerprint density at radius 2 is 2.07 bits per heavy atom. The Balaban J connectivity index is 2.24. The van der Waals surface area contributed by atoms with Gasteiger partial charge in [0, 0.05) is 29.5 Å². The van der Waals surface area contributed by atoms with Crippen LogP contribution in [0.15, 0.2) is 6.07 Å². The summed E-state index contributed by atoms with van der Waals surface area (Å²) < 4.78 is 11.0. The Labute approximate surface area is 82.3 Å². The van der Waals surface area contributed by atoms with Gasteiger partial charge in [0.05, 0.1) is 19.8 Å². The van der Waals surface area contributed by atoms with Gasteiger partial charge in [-0.15, -0.1) is 0 Å².